The summed E-state index contributed by atoms with van der Waals surface area (Å²) in [4.78, 5) is 12.8. The molecule has 1 aliphatic rings. The molecule has 1 atom stereocenters. The van der Waals surface area contributed by atoms with E-state index >= 15 is 0 Å². The first kappa shape index (κ1) is 25.6. The van der Waals surface area contributed by atoms with Crippen molar-refractivity contribution in [3.63, 3.8) is 0 Å². The van der Waals surface area contributed by atoms with Crippen LogP contribution in [0.4, 0.5) is 0 Å². The molecular weight excluding hydrogens is 410 g/mol. The van der Waals surface area contributed by atoms with Gasteiger partial charge in [0.15, 0.2) is 0 Å². The molecule has 1 fully saturated rings. The molecule has 1 unspecified atom stereocenters. The number of benzene rings is 1. The quantitative estimate of drug-likeness (QED) is 0.488. The van der Waals surface area contributed by atoms with E-state index in [0.29, 0.717) is 12.2 Å². The molecule has 1 aliphatic carbocycles. The van der Waals surface area contributed by atoms with Crippen molar-refractivity contribution in [2.75, 3.05) is 6.61 Å². The Balaban J connectivity index is 2.24. The Morgan fingerprint density at radius 1 is 1.03 bits per heavy atom. The Bertz CT molecular complexity index is 949. The van der Waals surface area contributed by atoms with Crippen molar-refractivity contribution in [3.8, 4) is 5.69 Å². The number of rotatable bonds is 5. The summed E-state index contributed by atoms with van der Waals surface area (Å²) in [5.74, 6) is -0.108. The third kappa shape index (κ3) is 5.54. The standard InChI is InChI=1S/C29H43NO3/c1-9-33-27(32)24-18-30(25(19(24)2)26(31)20-13-11-10-12-14-20)23-16-21(28(3,4)5)15-22(17-23)29(6,7)8/h15-18,20,26,31H,9-14H2,1-8H3. The lowest BCUT2D eigenvalue weighted by Gasteiger charge is -2.30. The van der Waals surface area contributed by atoms with Crippen molar-refractivity contribution in [1.82, 2.24) is 4.57 Å². The van der Waals surface area contributed by atoms with Crippen molar-refractivity contribution in [1.29, 1.82) is 0 Å². The monoisotopic (exact) mass is 453 g/mol. The minimum Gasteiger partial charge on any atom is -0.462 e. The number of nitrogens with zero attached hydrogens (tertiary/aromatic N) is 1. The third-order valence-corrected chi connectivity index (χ3v) is 7.11. The van der Waals surface area contributed by atoms with Crippen LogP contribution in [-0.2, 0) is 15.6 Å². The highest BCUT2D eigenvalue weighted by molar-refractivity contribution is 5.91. The Morgan fingerprint density at radius 2 is 1.58 bits per heavy atom. The highest BCUT2D eigenvalue weighted by atomic mass is 16.5. The summed E-state index contributed by atoms with van der Waals surface area (Å²) >= 11 is 0. The molecule has 0 aliphatic heterocycles. The SMILES string of the molecule is CCOC(=O)c1cn(-c2cc(C(C)(C)C)cc(C(C)(C)C)c2)c(C(O)C2CCCCC2)c1C. The first-order valence-corrected chi connectivity index (χ1v) is 12.6. The second-order valence-corrected chi connectivity index (χ2v) is 11.8. The lowest BCUT2D eigenvalue weighted by atomic mass is 9.80. The van der Waals surface area contributed by atoms with Gasteiger partial charge in [0.2, 0.25) is 0 Å². The molecule has 1 aromatic heterocycles. The van der Waals surface area contributed by atoms with Gasteiger partial charge in [-0.25, -0.2) is 4.79 Å². The molecule has 1 heterocycles. The molecule has 1 aromatic carbocycles. The average Bonchev–Trinajstić information content (AvgIpc) is 3.09. The van der Waals surface area contributed by atoms with E-state index in [9.17, 15) is 9.90 Å². The largest absolute Gasteiger partial charge is 0.462 e. The van der Waals surface area contributed by atoms with Gasteiger partial charge in [0, 0.05) is 11.9 Å². The van der Waals surface area contributed by atoms with Gasteiger partial charge >= 0.3 is 5.97 Å². The molecule has 4 nitrogen and oxygen atoms in total. The van der Waals surface area contributed by atoms with Crippen LogP contribution in [0.5, 0.6) is 0 Å². The van der Waals surface area contributed by atoms with Crippen LogP contribution in [0.3, 0.4) is 0 Å². The van der Waals surface area contributed by atoms with Gasteiger partial charge < -0.3 is 14.4 Å². The van der Waals surface area contributed by atoms with Gasteiger partial charge in [0.25, 0.3) is 0 Å². The minimum atomic E-state index is -0.607. The lowest BCUT2D eigenvalue weighted by Crippen LogP contribution is -2.20. The molecule has 0 amide bonds. The molecule has 3 rings (SSSR count). The smallest absolute Gasteiger partial charge is 0.339 e. The molecule has 0 radical (unpaired) electrons. The van der Waals surface area contributed by atoms with Crippen LogP contribution >= 0.6 is 0 Å². The maximum Gasteiger partial charge on any atom is 0.339 e. The number of aromatic nitrogens is 1. The average molecular weight is 454 g/mol. The Kier molecular flexibility index (Phi) is 7.48. The zero-order chi connectivity index (χ0) is 24.6. The van der Waals surface area contributed by atoms with E-state index < -0.39 is 6.10 Å². The van der Waals surface area contributed by atoms with Gasteiger partial charge in [-0.15, -0.1) is 0 Å². The summed E-state index contributed by atoms with van der Waals surface area (Å²) in [5.41, 5.74) is 5.63. The molecule has 0 bridgehead atoms. The highest BCUT2D eigenvalue weighted by Gasteiger charge is 2.31. The van der Waals surface area contributed by atoms with Gasteiger partial charge in [-0.1, -0.05) is 66.9 Å². The number of ether oxygens (including phenoxy) is 1. The van der Waals surface area contributed by atoms with Gasteiger partial charge in [-0.3, -0.25) is 0 Å². The fraction of sp³-hybridized carbons (Fsp3) is 0.621. The van der Waals surface area contributed by atoms with Crippen LogP contribution in [0.2, 0.25) is 0 Å². The summed E-state index contributed by atoms with van der Waals surface area (Å²) in [6.07, 6.45) is 6.86. The summed E-state index contributed by atoms with van der Waals surface area (Å²) in [7, 11) is 0. The fourth-order valence-electron chi connectivity index (χ4n) is 4.90. The van der Waals surface area contributed by atoms with Gasteiger partial charge in [-0.2, -0.15) is 0 Å². The summed E-state index contributed by atoms with van der Waals surface area (Å²) in [6.45, 7) is 17.4. The molecule has 4 heteroatoms. The summed E-state index contributed by atoms with van der Waals surface area (Å²) in [5, 5.41) is 11.6. The number of hydrogen-bond donors (Lipinski definition) is 1. The van der Waals surface area contributed by atoms with E-state index in [1.807, 2.05) is 20.0 Å². The van der Waals surface area contributed by atoms with Crippen molar-refractivity contribution in [2.24, 2.45) is 5.92 Å². The predicted molar refractivity (Wildman–Crippen MR) is 135 cm³/mol. The Morgan fingerprint density at radius 3 is 2.06 bits per heavy atom. The van der Waals surface area contributed by atoms with Crippen LogP contribution < -0.4 is 0 Å². The molecular formula is C29H43NO3. The van der Waals surface area contributed by atoms with Crippen molar-refractivity contribution >= 4 is 5.97 Å². The maximum absolute atomic E-state index is 12.8. The normalized spacial score (nSPS) is 16.6. The van der Waals surface area contributed by atoms with Gasteiger partial charge in [-0.05, 0) is 72.3 Å². The lowest BCUT2D eigenvalue weighted by molar-refractivity contribution is 0.0525. The molecule has 33 heavy (non-hydrogen) atoms. The van der Waals surface area contributed by atoms with Gasteiger partial charge in [0.05, 0.1) is 24.0 Å². The van der Waals surface area contributed by atoms with Gasteiger partial charge in [0.1, 0.15) is 0 Å². The topological polar surface area (TPSA) is 51.5 Å². The number of esters is 1. The maximum atomic E-state index is 12.8. The Hall–Kier alpha value is -2.07. The summed E-state index contributed by atoms with van der Waals surface area (Å²) < 4.78 is 7.42. The van der Waals surface area contributed by atoms with Crippen molar-refractivity contribution in [2.45, 2.75) is 104 Å². The molecule has 182 valence electrons. The third-order valence-electron chi connectivity index (χ3n) is 7.11. The van der Waals surface area contributed by atoms with Crippen LogP contribution in [-0.4, -0.2) is 22.2 Å². The van der Waals surface area contributed by atoms with E-state index in [1.165, 1.54) is 17.5 Å². The molecule has 1 saturated carbocycles. The van der Waals surface area contributed by atoms with Crippen LogP contribution in [0.25, 0.3) is 5.69 Å². The molecule has 0 saturated heterocycles. The number of carbonyl (C=O) groups is 1. The zero-order valence-electron chi connectivity index (χ0n) is 21.9. The van der Waals surface area contributed by atoms with E-state index in [0.717, 1.165) is 42.6 Å². The van der Waals surface area contributed by atoms with Crippen LogP contribution in [0.1, 0.15) is 119 Å². The Labute approximate surface area is 200 Å². The van der Waals surface area contributed by atoms with E-state index in [-0.39, 0.29) is 22.7 Å². The van der Waals surface area contributed by atoms with Crippen molar-refractivity contribution in [3.05, 3.63) is 52.3 Å². The molecule has 2 aromatic rings. The molecule has 0 spiro atoms. The summed E-state index contributed by atoms with van der Waals surface area (Å²) in [6, 6.07) is 6.71. The second kappa shape index (κ2) is 9.66. The minimum absolute atomic E-state index is 0.0235. The predicted octanol–water partition coefficient (Wildman–Crippen LogP) is 7.17. The van der Waals surface area contributed by atoms with E-state index in [2.05, 4.69) is 64.3 Å². The van der Waals surface area contributed by atoms with E-state index in [1.54, 1.807) is 0 Å². The first-order valence-electron chi connectivity index (χ1n) is 12.6. The number of aliphatic hydroxyl groups is 1. The second-order valence-electron chi connectivity index (χ2n) is 11.8. The number of hydrogen-bond acceptors (Lipinski definition) is 3. The molecule has 1 N–H and O–H groups in total. The number of aliphatic hydroxyl groups excluding tert-OH is 1. The van der Waals surface area contributed by atoms with Crippen LogP contribution in [0.15, 0.2) is 24.4 Å². The first-order chi connectivity index (χ1) is 15.3. The number of carbonyl (C=O) groups excluding carboxylic acids is 1. The fourth-order valence-corrected chi connectivity index (χ4v) is 4.90. The van der Waals surface area contributed by atoms with E-state index in [4.69, 9.17) is 4.74 Å². The van der Waals surface area contributed by atoms with Crippen LogP contribution in [0, 0.1) is 12.8 Å². The zero-order valence-corrected chi connectivity index (χ0v) is 21.9. The highest BCUT2D eigenvalue weighted by Crippen LogP contribution is 2.39. The van der Waals surface area contributed by atoms with Crippen molar-refractivity contribution < 1.29 is 14.6 Å².